The Morgan fingerprint density at radius 1 is 1.25 bits per heavy atom. The second kappa shape index (κ2) is 7.88. The molecule has 1 aromatic rings. The lowest BCUT2D eigenvalue weighted by Gasteiger charge is -2.43. The number of methoxy groups -OCH3 is 1. The van der Waals surface area contributed by atoms with E-state index in [-0.39, 0.29) is 13.4 Å². The van der Waals surface area contributed by atoms with Crippen molar-refractivity contribution in [3.8, 4) is 5.75 Å². The van der Waals surface area contributed by atoms with Gasteiger partial charge >= 0.3 is 5.97 Å². The highest BCUT2D eigenvalue weighted by molar-refractivity contribution is 7.87. The maximum Gasteiger partial charge on any atom is 0.332 e. The average Bonchev–Trinajstić information content (AvgIpc) is 2.87. The molecule has 0 aliphatic carbocycles. The molecule has 2 fully saturated rings. The van der Waals surface area contributed by atoms with Crippen LogP contribution in [0.25, 0.3) is 0 Å². The topological polar surface area (TPSA) is 111 Å². The minimum atomic E-state index is -1.58. The Morgan fingerprint density at radius 3 is 2.57 bits per heavy atom. The molecule has 1 N–H and O–H groups in total. The van der Waals surface area contributed by atoms with Crippen molar-refractivity contribution in [1.82, 2.24) is 10.2 Å². The summed E-state index contributed by atoms with van der Waals surface area (Å²) in [6, 6.07) is 6.80. The molecule has 1 aromatic carbocycles. The molecule has 152 valence electrons. The molecule has 0 bridgehead atoms. The normalized spacial score (nSPS) is 27.5. The van der Waals surface area contributed by atoms with Crippen molar-refractivity contribution in [1.29, 1.82) is 0 Å². The van der Waals surface area contributed by atoms with Crippen molar-refractivity contribution in [2.45, 2.75) is 36.1 Å². The van der Waals surface area contributed by atoms with E-state index in [0.717, 1.165) is 0 Å². The lowest BCUT2D eigenvalue weighted by Crippen LogP contribution is -2.72. The number of hydrogen-bond acceptors (Lipinski definition) is 7. The molecule has 28 heavy (non-hydrogen) atoms. The first-order valence-corrected chi connectivity index (χ1v) is 9.86. The Morgan fingerprint density at radius 2 is 1.93 bits per heavy atom. The van der Waals surface area contributed by atoms with Gasteiger partial charge in [-0.3, -0.25) is 13.8 Å². The highest BCUT2D eigenvalue weighted by Crippen LogP contribution is 2.43. The summed E-state index contributed by atoms with van der Waals surface area (Å²) in [4.78, 5) is 38.3. The number of para-hydroxylation sites is 1. The van der Waals surface area contributed by atoms with E-state index in [1.807, 2.05) is 6.07 Å². The van der Waals surface area contributed by atoms with E-state index < -0.39 is 50.8 Å². The Bertz CT molecular complexity index is 798. The number of nitrogens with one attached hydrogen (secondary N) is 1. The van der Waals surface area contributed by atoms with Crippen molar-refractivity contribution in [2.75, 3.05) is 20.5 Å². The van der Waals surface area contributed by atoms with Crippen molar-refractivity contribution in [2.24, 2.45) is 0 Å². The van der Waals surface area contributed by atoms with Gasteiger partial charge in [-0.2, -0.15) is 0 Å². The number of ether oxygens (including phenoxy) is 3. The van der Waals surface area contributed by atoms with E-state index in [9.17, 15) is 18.6 Å². The number of β-lactam (4-membered cyclic amide) rings is 1. The number of rotatable bonds is 7. The van der Waals surface area contributed by atoms with Gasteiger partial charge in [-0.25, -0.2) is 4.79 Å². The number of amides is 2. The zero-order valence-electron chi connectivity index (χ0n) is 15.7. The van der Waals surface area contributed by atoms with Gasteiger partial charge in [-0.05, 0) is 26.0 Å². The molecule has 2 saturated heterocycles. The second-order valence-electron chi connectivity index (χ2n) is 6.96. The number of carbonyl (C=O) groups is 3. The van der Waals surface area contributed by atoms with Gasteiger partial charge in [0, 0.05) is 7.11 Å². The zero-order chi connectivity index (χ0) is 20.5. The number of hydrogen-bond donors (Lipinski definition) is 1. The Hall–Kier alpha value is -2.46. The maximum atomic E-state index is 12.9. The summed E-state index contributed by atoms with van der Waals surface area (Å²) in [7, 11) is -0.210. The largest absolute Gasteiger partial charge is 0.484 e. The Balaban J connectivity index is 1.65. The third kappa shape index (κ3) is 3.49. The summed E-state index contributed by atoms with van der Waals surface area (Å²) < 4.78 is 26.9. The van der Waals surface area contributed by atoms with Crippen LogP contribution in [0.15, 0.2) is 30.3 Å². The van der Waals surface area contributed by atoms with E-state index in [2.05, 4.69) is 5.32 Å². The van der Waals surface area contributed by atoms with Crippen molar-refractivity contribution >= 4 is 28.6 Å². The lowest BCUT2D eigenvalue weighted by atomic mass is 9.96. The van der Waals surface area contributed by atoms with E-state index in [1.165, 1.54) is 12.0 Å². The van der Waals surface area contributed by atoms with Crippen LogP contribution in [0.2, 0.25) is 0 Å². The smallest absolute Gasteiger partial charge is 0.332 e. The number of benzene rings is 1. The summed E-state index contributed by atoms with van der Waals surface area (Å²) in [5.74, 6) is -1.16. The Kier molecular flexibility index (Phi) is 5.71. The molecular weight excluding hydrogens is 388 g/mol. The van der Waals surface area contributed by atoms with E-state index in [0.29, 0.717) is 5.75 Å². The molecule has 2 heterocycles. The monoisotopic (exact) mass is 410 g/mol. The summed E-state index contributed by atoms with van der Waals surface area (Å²) >= 11 is 0. The first kappa shape index (κ1) is 20.3. The highest BCUT2D eigenvalue weighted by Gasteiger charge is 2.68. The quantitative estimate of drug-likeness (QED) is 0.376. The van der Waals surface area contributed by atoms with Crippen LogP contribution < -0.4 is 10.1 Å². The highest BCUT2D eigenvalue weighted by atomic mass is 32.2. The van der Waals surface area contributed by atoms with Crippen molar-refractivity contribution in [3.05, 3.63) is 30.3 Å². The predicted molar refractivity (Wildman–Crippen MR) is 98.5 cm³/mol. The first-order valence-electron chi connectivity index (χ1n) is 8.64. The SMILES string of the molecule is COCOC(=O)[C@@H]1N2C(=O)[C@@H](NC(=O)COc3ccccc3)[C@H]2S(=O)C1(C)C. The minimum absolute atomic E-state index is 0.262. The molecular formula is C18H22N2O7S. The molecule has 2 aliphatic rings. The summed E-state index contributed by atoms with van der Waals surface area (Å²) in [6.07, 6.45) is 0. The molecule has 0 spiro atoms. The molecule has 0 aromatic heterocycles. The van der Waals surface area contributed by atoms with Gasteiger partial charge in [-0.15, -0.1) is 0 Å². The van der Waals surface area contributed by atoms with Crippen LogP contribution in [0.3, 0.4) is 0 Å². The third-order valence-corrected chi connectivity index (χ3v) is 6.92. The van der Waals surface area contributed by atoms with Crippen LogP contribution in [0, 0.1) is 0 Å². The van der Waals surface area contributed by atoms with E-state index >= 15 is 0 Å². The number of fused-ring (bicyclic) bond motifs is 1. The van der Waals surface area contributed by atoms with Gasteiger partial charge in [0.2, 0.25) is 5.91 Å². The van der Waals surface area contributed by atoms with E-state index in [4.69, 9.17) is 14.2 Å². The lowest BCUT2D eigenvalue weighted by molar-refractivity contribution is -0.170. The molecule has 2 aliphatic heterocycles. The first-order chi connectivity index (χ1) is 13.3. The van der Waals surface area contributed by atoms with Crippen LogP contribution in [-0.2, 0) is 34.7 Å². The van der Waals surface area contributed by atoms with Crippen LogP contribution in [-0.4, -0.2) is 69.6 Å². The predicted octanol–water partition coefficient (Wildman–Crippen LogP) is -0.225. The fourth-order valence-corrected chi connectivity index (χ4v) is 5.27. The molecule has 3 rings (SSSR count). The summed E-state index contributed by atoms with van der Waals surface area (Å²) in [5, 5.41) is 1.77. The molecule has 0 radical (unpaired) electrons. The number of carbonyl (C=O) groups excluding carboxylic acids is 3. The van der Waals surface area contributed by atoms with Crippen molar-refractivity contribution < 1.29 is 32.8 Å². The fourth-order valence-electron chi connectivity index (χ4n) is 3.35. The maximum absolute atomic E-state index is 12.9. The fraction of sp³-hybridized carbons (Fsp3) is 0.500. The average molecular weight is 410 g/mol. The molecule has 2 amide bonds. The number of nitrogens with zero attached hydrogens (tertiary/aromatic N) is 1. The van der Waals surface area contributed by atoms with Gasteiger partial charge in [0.05, 0.1) is 15.5 Å². The van der Waals surface area contributed by atoms with Gasteiger partial charge in [0.1, 0.15) is 23.2 Å². The molecule has 9 nitrogen and oxygen atoms in total. The minimum Gasteiger partial charge on any atom is -0.484 e. The van der Waals surface area contributed by atoms with Crippen LogP contribution in [0.4, 0.5) is 0 Å². The number of esters is 1. The molecule has 4 atom stereocenters. The van der Waals surface area contributed by atoms with Gasteiger partial charge < -0.3 is 24.4 Å². The van der Waals surface area contributed by atoms with Gasteiger partial charge in [-0.1, -0.05) is 18.2 Å². The summed E-state index contributed by atoms with van der Waals surface area (Å²) in [6.45, 7) is 2.72. The zero-order valence-corrected chi connectivity index (χ0v) is 16.6. The second-order valence-corrected chi connectivity index (χ2v) is 9.09. The molecule has 0 saturated carbocycles. The third-order valence-electron chi connectivity index (χ3n) is 4.73. The van der Waals surface area contributed by atoms with Crippen LogP contribution >= 0.6 is 0 Å². The van der Waals surface area contributed by atoms with Crippen LogP contribution in [0.1, 0.15) is 13.8 Å². The van der Waals surface area contributed by atoms with Crippen LogP contribution in [0.5, 0.6) is 5.75 Å². The van der Waals surface area contributed by atoms with Gasteiger partial charge in [0.25, 0.3) is 5.91 Å². The van der Waals surface area contributed by atoms with Gasteiger partial charge in [0.15, 0.2) is 13.4 Å². The molecule has 10 heteroatoms. The van der Waals surface area contributed by atoms with Crippen molar-refractivity contribution in [3.63, 3.8) is 0 Å². The molecule has 1 unspecified atom stereocenters. The summed E-state index contributed by atoms with van der Waals surface area (Å²) in [5.41, 5.74) is 0. The Labute approximate surface area is 164 Å². The van der Waals surface area contributed by atoms with E-state index in [1.54, 1.807) is 38.1 Å². The standard InChI is InChI=1S/C18H22N2O7S/c1-18(2)14(17(23)27-10-25-3)20-15(22)13(16(20)28(18)24)19-12(21)9-26-11-7-5-4-6-8-11/h4-8,13-14,16H,9-10H2,1-3H3,(H,19,21)/t13-,14+,16-,28?/m1/s1.